The first-order valence-corrected chi connectivity index (χ1v) is 6.34. The Labute approximate surface area is 93.3 Å². The predicted molar refractivity (Wildman–Crippen MR) is 61.3 cm³/mol. The Kier molecular flexibility index (Phi) is 5.11. The number of aliphatic hydroxyl groups excluding tert-OH is 1. The highest BCUT2D eigenvalue weighted by molar-refractivity contribution is 5.04. The van der Waals surface area contributed by atoms with Gasteiger partial charge in [0.2, 0.25) is 0 Å². The molecular weight excluding hydrogens is 186 g/mol. The highest BCUT2D eigenvalue weighted by atomic mass is 16.3. The fourth-order valence-corrected chi connectivity index (χ4v) is 2.57. The average molecular weight is 209 g/mol. The fourth-order valence-electron chi connectivity index (χ4n) is 2.57. The Balaban J connectivity index is 2.45. The van der Waals surface area contributed by atoms with Crippen LogP contribution in [0.25, 0.3) is 0 Å². The molecule has 0 bridgehead atoms. The van der Waals surface area contributed by atoms with Crippen LogP contribution in [0.5, 0.6) is 0 Å². The Hall–Kier alpha value is -0.550. The molecule has 1 aliphatic carbocycles. The molecule has 1 rings (SSSR count). The predicted octanol–water partition coefficient (Wildman–Crippen LogP) is 3.40. The van der Waals surface area contributed by atoms with Gasteiger partial charge in [0.05, 0.1) is 17.6 Å². The van der Waals surface area contributed by atoms with Crippen molar-refractivity contribution in [3.05, 3.63) is 0 Å². The van der Waals surface area contributed by atoms with Gasteiger partial charge in [-0.25, -0.2) is 0 Å². The molecule has 1 fully saturated rings. The third kappa shape index (κ3) is 3.21. The van der Waals surface area contributed by atoms with Crippen molar-refractivity contribution in [2.45, 2.75) is 70.8 Å². The number of rotatable bonds is 5. The Morgan fingerprint density at radius 3 is 2.47 bits per heavy atom. The molecule has 0 aromatic heterocycles. The number of aliphatic hydroxyl groups is 1. The summed E-state index contributed by atoms with van der Waals surface area (Å²) in [5, 5.41) is 19.4. The van der Waals surface area contributed by atoms with Crippen LogP contribution in [0, 0.1) is 16.7 Å². The Morgan fingerprint density at radius 1 is 1.27 bits per heavy atom. The van der Waals surface area contributed by atoms with Crippen molar-refractivity contribution in [3.8, 4) is 6.07 Å². The van der Waals surface area contributed by atoms with Crippen LogP contribution >= 0.6 is 0 Å². The molecule has 1 unspecified atom stereocenters. The second kappa shape index (κ2) is 6.12. The first-order valence-electron chi connectivity index (χ1n) is 6.34. The van der Waals surface area contributed by atoms with Crippen LogP contribution in [0.15, 0.2) is 0 Å². The molecule has 0 aromatic rings. The van der Waals surface area contributed by atoms with Crippen LogP contribution in [0.4, 0.5) is 0 Å². The largest absolute Gasteiger partial charge is 0.391 e. The maximum absolute atomic E-state index is 10.1. The third-order valence-corrected chi connectivity index (χ3v) is 3.69. The van der Waals surface area contributed by atoms with Gasteiger partial charge in [0, 0.05) is 0 Å². The molecule has 1 aliphatic rings. The van der Waals surface area contributed by atoms with Crippen molar-refractivity contribution in [2.75, 3.05) is 0 Å². The summed E-state index contributed by atoms with van der Waals surface area (Å²) in [6.45, 7) is 2.16. The first kappa shape index (κ1) is 12.5. The lowest BCUT2D eigenvalue weighted by atomic mass is 9.70. The van der Waals surface area contributed by atoms with Crippen molar-refractivity contribution in [3.63, 3.8) is 0 Å². The van der Waals surface area contributed by atoms with Crippen LogP contribution in [0.1, 0.15) is 64.7 Å². The van der Waals surface area contributed by atoms with Crippen molar-refractivity contribution in [1.82, 2.24) is 0 Å². The van der Waals surface area contributed by atoms with Crippen molar-refractivity contribution in [2.24, 2.45) is 5.41 Å². The van der Waals surface area contributed by atoms with Crippen molar-refractivity contribution < 1.29 is 5.11 Å². The summed E-state index contributed by atoms with van der Waals surface area (Å²) in [5.74, 6) is 0. The number of nitriles is 1. The van der Waals surface area contributed by atoms with Gasteiger partial charge in [0.1, 0.15) is 0 Å². The molecule has 1 atom stereocenters. The molecule has 0 saturated heterocycles. The first-order chi connectivity index (χ1) is 7.25. The normalized spacial score (nSPS) is 21.9. The number of unbranched alkanes of at least 4 members (excludes halogenated alkanes) is 2. The van der Waals surface area contributed by atoms with Crippen molar-refractivity contribution in [1.29, 1.82) is 5.26 Å². The van der Waals surface area contributed by atoms with Gasteiger partial charge in [0.15, 0.2) is 0 Å². The lowest BCUT2D eigenvalue weighted by molar-refractivity contribution is 0.0290. The molecule has 15 heavy (non-hydrogen) atoms. The van der Waals surface area contributed by atoms with Crippen LogP contribution in [0.2, 0.25) is 0 Å². The molecule has 0 aromatic carbocycles. The van der Waals surface area contributed by atoms with E-state index in [9.17, 15) is 10.4 Å². The smallest absolute Gasteiger partial charge is 0.0832 e. The van der Waals surface area contributed by atoms with Gasteiger partial charge in [-0.15, -0.1) is 0 Å². The summed E-state index contributed by atoms with van der Waals surface area (Å²) in [6.07, 6.45) is 9.05. The molecule has 86 valence electrons. The Morgan fingerprint density at radius 2 is 1.93 bits per heavy atom. The van der Waals surface area contributed by atoms with Crippen LogP contribution in [0.3, 0.4) is 0 Å². The minimum Gasteiger partial charge on any atom is -0.391 e. The lowest BCUT2D eigenvalue weighted by Gasteiger charge is -2.35. The highest BCUT2D eigenvalue weighted by Gasteiger charge is 2.38. The molecule has 1 N–H and O–H groups in total. The molecule has 2 nitrogen and oxygen atoms in total. The van der Waals surface area contributed by atoms with Crippen molar-refractivity contribution >= 4 is 0 Å². The summed E-state index contributed by atoms with van der Waals surface area (Å²) in [5.41, 5.74) is -0.411. The fraction of sp³-hybridized carbons (Fsp3) is 0.923. The van der Waals surface area contributed by atoms with Gasteiger partial charge in [0.25, 0.3) is 0 Å². The number of hydrogen-bond donors (Lipinski definition) is 1. The van der Waals surface area contributed by atoms with Crippen LogP contribution in [-0.2, 0) is 0 Å². The second-order valence-corrected chi connectivity index (χ2v) is 4.84. The minimum absolute atomic E-state index is 0.394. The molecule has 0 radical (unpaired) electrons. The zero-order valence-electron chi connectivity index (χ0n) is 9.84. The van der Waals surface area contributed by atoms with Crippen LogP contribution < -0.4 is 0 Å². The zero-order valence-corrected chi connectivity index (χ0v) is 9.84. The molecule has 0 spiro atoms. The van der Waals surface area contributed by atoms with E-state index in [-0.39, 0.29) is 0 Å². The van der Waals surface area contributed by atoms with Gasteiger partial charge < -0.3 is 5.11 Å². The lowest BCUT2D eigenvalue weighted by Crippen LogP contribution is -2.35. The van der Waals surface area contributed by atoms with E-state index < -0.39 is 11.5 Å². The average Bonchev–Trinajstić information content (AvgIpc) is 2.30. The quantitative estimate of drug-likeness (QED) is 0.705. The molecular formula is C13H23NO. The summed E-state index contributed by atoms with van der Waals surface area (Å²) >= 11 is 0. The van der Waals surface area contributed by atoms with Gasteiger partial charge in [-0.05, 0) is 19.3 Å². The maximum Gasteiger partial charge on any atom is 0.0832 e. The zero-order chi connectivity index (χ0) is 11.1. The summed E-state index contributed by atoms with van der Waals surface area (Å²) < 4.78 is 0. The Bertz CT molecular complexity index is 213. The van der Waals surface area contributed by atoms with Crippen LogP contribution in [-0.4, -0.2) is 11.2 Å². The van der Waals surface area contributed by atoms with E-state index >= 15 is 0 Å². The van der Waals surface area contributed by atoms with E-state index in [1.165, 1.54) is 19.3 Å². The molecule has 0 heterocycles. The third-order valence-electron chi connectivity index (χ3n) is 3.69. The van der Waals surface area contributed by atoms with Gasteiger partial charge in [-0.3, -0.25) is 0 Å². The van der Waals surface area contributed by atoms with Gasteiger partial charge in [-0.2, -0.15) is 5.26 Å². The van der Waals surface area contributed by atoms with E-state index in [1.54, 1.807) is 0 Å². The second-order valence-electron chi connectivity index (χ2n) is 4.84. The van der Waals surface area contributed by atoms with E-state index in [4.69, 9.17) is 0 Å². The number of hydrogen-bond acceptors (Lipinski definition) is 2. The van der Waals surface area contributed by atoms with E-state index in [1.807, 2.05) is 0 Å². The van der Waals surface area contributed by atoms with E-state index in [0.717, 1.165) is 38.5 Å². The minimum atomic E-state index is -0.411. The molecule has 1 saturated carbocycles. The molecule has 0 amide bonds. The molecule has 0 aliphatic heterocycles. The van der Waals surface area contributed by atoms with Gasteiger partial charge in [-0.1, -0.05) is 45.4 Å². The molecule has 2 heteroatoms. The summed E-state index contributed by atoms with van der Waals surface area (Å²) in [7, 11) is 0. The summed E-state index contributed by atoms with van der Waals surface area (Å²) in [6, 6.07) is 2.39. The monoisotopic (exact) mass is 209 g/mol. The topological polar surface area (TPSA) is 44.0 Å². The van der Waals surface area contributed by atoms with Gasteiger partial charge >= 0.3 is 0 Å². The SMILES string of the molecule is CCCCCC(O)C1(C#N)CCCCC1. The number of nitrogens with zero attached hydrogens (tertiary/aromatic N) is 1. The van der Waals surface area contributed by atoms with E-state index in [0.29, 0.717) is 0 Å². The van der Waals surface area contributed by atoms with E-state index in [2.05, 4.69) is 13.0 Å². The summed E-state index contributed by atoms with van der Waals surface area (Å²) in [4.78, 5) is 0. The standard InChI is InChI=1S/C13H23NO/c1-2-3-5-8-12(15)13(11-14)9-6-4-7-10-13/h12,15H,2-10H2,1H3. The maximum atomic E-state index is 10.1. The highest BCUT2D eigenvalue weighted by Crippen LogP contribution is 2.40.